The van der Waals surface area contributed by atoms with Crippen LogP contribution in [0.2, 0.25) is 5.02 Å². The molecule has 0 aromatic heterocycles. The molecular formula is C15H20ClFO. The van der Waals surface area contributed by atoms with E-state index in [0.717, 1.165) is 31.6 Å². The lowest BCUT2D eigenvalue weighted by Gasteiger charge is -2.38. The predicted octanol–water partition coefficient (Wildman–Crippen LogP) is 4.62. The SMILES string of the molecule is COC1(Cc2cccc(Cl)c2F)CCC(C)CC1. The van der Waals surface area contributed by atoms with Crippen LogP contribution in [0.4, 0.5) is 4.39 Å². The minimum Gasteiger partial charge on any atom is -0.378 e. The summed E-state index contributed by atoms with van der Waals surface area (Å²) in [5.41, 5.74) is 0.455. The zero-order chi connectivity index (χ0) is 13.2. The molecule has 0 atom stereocenters. The maximum absolute atomic E-state index is 14.0. The Morgan fingerprint density at radius 2 is 2.06 bits per heavy atom. The molecule has 2 rings (SSSR count). The van der Waals surface area contributed by atoms with Crippen molar-refractivity contribution in [1.82, 2.24) is 0 Å². The zero-order valence-corrected chi connectivity index (χ0v) is 11.8. The van der Waals surface area contributed by atoms with E-state index in [1.54, 1.807) is 25.3 Å². The van der Waals surface area contributed by atoms with Crippen LogP contribution in [0, 0.1) is 11.7 Å². The van der Waals surface area contributed by atoms with Crippen molar-refractivity contribution in [3.8, 4) is 0 Å². The standard InChI is InChI=1S/C15H20ClFO/c1-11-6-8-15(18-2,9-7-11)10-12-4-3-5-13(16)14(12)17/h3-5,11H,6-10H2,1-2H3. The van der Waals surface area contributed by atoms with Crippen molar-refractivity contribution in [3.63, 3.8) is 0 Å². The van der Waals surface area contributed by atoms with Crippen molar-refractivity contribution >= 4 is 11.6 Å². The third kappa shape index (κ3) is 2.86. The number of methoxy groups -OCH3 is 1. The Morgan fingerprint density at radius 3 is 2.67 bits per heavy atom. The van der Waals surface area contributed by atoms with Crippen LogP contribution in [-0.4, -0.2) is 12.7 Å². The van der Waals surface area contributed by atoms with E-state index in [1.165, 1.54) is 0 Å². The first kappa shape index (κ1) is 13.8. The normalized spacial score (nSPS) is 28.3. The Bertz CT molecular complexity index is 411. The van der Waals surface area contributed by atoms with Gasteiger partial charge in [0.15, 0.2) is 0 Å². The van der Waals surface area contributed by atoms with Gasteiger partial charge in [-0.25, -0.2) is 4.39 Å². The van der Waals surface area contributed by atoms with Gasteiger partial charge in [0.25, 0.3) is 0 Å². The largest absolute Gasteiger partial charge is 0.378 e. The smallest absolute Gasteiger partial charge is 0.145 e. The van der Waals surface area contributed by atoms with E-state index in [4.69, 9.17) is 16.3 Å². The van der Waals surface area contributed by atoms with Gasteiger partial charge in [-0.3, -0.25) is 0 Å². The van der Waals surface area contributed by atoms with Crippen LogP contribution in [0.1, 0.15) is 38.2 Å². The van der Waals surface area contributed by atoms with E-state index in [9.17, 15) is 4.39 Å². The fraction of sp³-hybridized carbons (Fsp3) is 0.600. The number of rotatable bonds is 3. The summed E-state index contributed by atoms with van der Waals surface area (Å²) in [6.07, 6.45) is 4.90. The lowest BCUT2D eigenvalue weighted by Crippen LogP contribution is -2.38. The van der Waals surface area contributed by atoms with Crippen LogP contribution in [0.25, 0.3) is 0 Å². The fourth-order valence-corrected chi connectivity index (χ4v) is 2.97. The molecule has 1 aromatic rings. The first-order valence-electron chi connectivity index (χ1n) is 6.54. The third-order valence-corrected chi connectivity index (χ3v) is 4.45. The fourth-order valence-electron chi connectivity index (χ4n) is 2.77. The number of ether oxygens (including phenoxy) is 1. The molecule has 1 aliphatic carbocycles. The maximum atomic E-state index is 14.0. The van der Waals surface area contributed by atoms with Crippen LogP contribution >= 0.6 is 11.6 Å². The highest BCUT2D eigenvalue weighted by atomic mass is 35.5. The van der Waals surface area contributed by atoms with Crippen LogP contribution in [0.5, 0.6) is 0 Å². The van der Waals surface area contributed by atoms with Crippen molar-refractivity contribution in [2.75, 3.05) is 7.11 Å². The molecule has 1 aromatic carbocycles. The van der Waals surface area contributed by atoms with Gasteiger partial charge < -0.3 is 4.74 Å². The summed E-state index contributed by atoms with van der Waals surface area (Å²) in [6.45, 7) is 2.26. The molecule has 0 aliphatic heterocycles. The van der Waals surface area contributed by atoms with Crippen molar-refractivity contribution in [3.05, 3.63) is 34.6 Å². The van der Waals surface area contributed by atoms with E-state index in [0.29, 0.717) is 12.0 Å². The molecule has 0 saturated heterocycles. The first-order chi connectivity index (χ1) is 8.56. The minimum atomic E-state index is -0.297. The van der Waals surface area contributed by atoms with E-state index in [2.05, 4.69) is 6.92 Å². The molecule has 0 radical (unpaired) electrons. The molecule has 0 bridgehead atoms. The maximum Gasteiger partial charge on any atom is 0.145 e. The van der Waals surface area contributed by atoms with Gasteiger partial charge in [-0.2, -0.15) is 0 Å². The molecule has 100 valence electrons. The van der Waals surface area contributed by atoms with E-state index in [-0.39, 0.29) is 16.4 Å². The van der Waals surface area contributed by atoms with Crippen LogP contribution in [-0.2, 0) is 11.2 Å². The molecule has 0 heterocycles. The topological polar surface area (TPSA) is 9.23 Å². The van der Waals surface area contributed by atoms with Crippen molar-refractivity contribution < 1.29 is 9.13 Å². The Balaban J connectivity index is 2.17. The molecule has 18 heavy (non-hydrogen) atoms. The highest BCUT2D eigenvalue weighted by molar-refractivity contribution is 6.30. The molecule has 1 aliphatic rings. The minimum absolute atomic E-state index is 0.197. The molecular weight excluding hydrogens is 251 g/mol. The van der Waals surface area contributed by atoms with Gasteiger partial charge in [0.1, 0.15) is 5.82 Å². The Kier molecular flexibility index (Phi) is 4.29. The summed E-state index contributed by atoms with van der Waals surface area (Å²) in [7, 11) is 1.73. The summed E-state index contributed by atoms with van der Waals surface area (Å²) in [6, 6.07) is 5.19. The highest BCUT2D eigenvalue weighted by Crippen LogP contribution is 2.37. The first-order valence-corrected chi connectivity index (χ1v) is 6.92. The third-order valence-electron chi connectivity index (χ3n) is 4.16. The van der Waals surface area contributed by atoms with Crippen molar-refractivity contribution in [2.45, 2.75) is 44.6 Å². The molecule has 1 saturated carbocycles. The highest BCUT2D eigenvalue weighted by Gasteiger charge is 2.35. The van der Waals surface area contributed by atoms with Crippen molar-refractivity contribution in [2.24, 2.45) is 5.92 Å². The zero-order valence-electron chi connectivity index (χ0n) is 11.0. The van der Waals surface area contributed by atoms with Gasteiger partial charge in [0.2, 0.25) is 0 Å². The molecule has 0 spiro atoms. The van der Waals surface area contributed by atoms with Gasteiger partial charge in [-0.15, -0.1) is 0 Å². The van der Waals surface area contributed by atoms with Crippen LogP contribution in [0.3, 0.4) is 0 Å². The average molecular weight is 271 g/mol. The van der Waals surface area contributed by atoms with Gasteiger partial charge in [-0.05, 0) is 43.2 Å². The van der Waals surface area contributed by atoms with Gasteiger partial charge in [0, 0.05) is 13.5 Å². The number of hydrogen-bond donors (Lipinski definition) is 0. The van der Waals surface area contributed by atoms with Gasteiger partial charge >= 0.3 is 0 Å². The van der Waals surface area contributed by atoms with Crippen molar-refractivity contribution in [1.29, 1.82) is 0 Å². The summed E-state index contributed by atoms with van der Waals surface area (Å²) >= 11 is 5.83. The van der Waals surface area contributed by atoms with E-state index < -0.39 is 0 Å². The number of benzene rings is 1. The molecule has 1 nitrogen and oxygen atoms in total. The summed E-state index contributed by atoms with van der Waals surface area (Å²) in [5, 5.41) is 0.197. The van der Waals surface area contributed by atoms with Crippen LogP contribution in [0.15, 0.2) is 18.2 Å². The second-order valence-corrected chi connectivity index (χ2v) is 5.87. The molecule has 0 N–H and O–H groups in total. The Morgan fingerprint density at radius 1 is 1.39 bits per heavy atom. The molecule has 3 heteroatoms. The quantitative estimate of drug-likeness (QED) is 0.779. The van der Waals surface area contributed by atoms with E-state index >= 15 is 0 Å². The van der Waals surface area contributed by atoms with E-state index in [1.807, 2.05) is 0 Å². The summed E-state index contributed by atoms with van der Waals surface area (Å²) < 4.78 is 19.7. The molecule has 0 unspecified atom stereocenters. The van der Waals surface area contributed by atoms with Crippen LogP contribution < -0.4 is 0 Å². The number of hydrogen-bond acceptors (Lipinski definition) is 1. The van der Waals surface area contributed by atoms with Gasteiger partial charge in [0.05, 0.1) is 10.6 Å². The lowest BCUT2D eigenvalue weighted by molar-refractivity contribution is -0.0474. The van der Waals surface area contributed by atoms with Gasteiger partial charge in [-0.1, -0.05) is 30.7 Å². The molecule has 1 fully saturated rings. The average Bonchev–Trinajstić information content (AvgIpc) is 2.38. The number of halogens is 2. The predicted molar refractivity (Wildman–Crippen MR) is 72.5 cm³/mol. The Labute approximate surface area is 113 Å². The monoisotopic (exact) mass is 270 g/mol. The Hall–Kier alpha value is -0.600. The summed E-state index contributed by atoms with van der Waals surface area (Å²) in [5.74, 6) is 0.451. The second kappa shape index (κ2) is 5.58. The lowest BCUT2D eigenvalue weighted by atomic mass is 9.76. The summed E-state index contributed by atoms with van der Waals surface area (Å²) in [4.78, 5) is 0. The second-order valence-electron chi connectivity index (χ2n) is 5.46. The molecule has 0 amide bonds.